The first-order chi connectivity index (χ1) is 14.4. The predicted molar refractivity (Wildman–Crippen MR) is 119 cm³/mol. The molecular weight excluding hydrogens is 423 g/mol. The summed E-state index contributed by atoms with van der Waals surface area (Å²) in [5, 5.41) is 14.0. The highest BCUT2D eigenvalue weighted by Crippen LogP contribution is 2.24. The number of benzene rings is 2. The van der Waals surface area contributed by atoms with E-state index >= 15 is 0 Å². The molecule has 30 heavy (non-hydrogen) atoms. The van der Waals surface area contributed by atoms with Crippen LogP contribution in [0.3, 0.4) is 0 Å². The Hall–Kier alpha value is -2.50. The van der Waals surface area contributed by atoms with Gasteiger partial charge in [-0.3, -0.25) is 9.59 Å². The zero-order chi connectivity index (χ0) is 21.7. The van der Waals surface area contributed by atoms with Gasteiger partial charge in [-0.25, -0.2) is 0 Å². The Labute approximate surface area is 186 Å². The van der Waals surface area contributed by atoms with Crippen LogP contribution in [-0.2, 0) is 16.0 Å². The van der Waals surface area contributed by atoms with Gasteiger partial charge in [-0.15, -0.1) is 0 Å². The number of aryl methyl sites for hydroxylation is 1. The number of aliphatic hydroxyl groups excluding tert-OH is 1. The van der Waals surface area contributed by atoms with Crippen molar-refractivity contribution in [2.75, 3.05) is 19.6 Å². The number of nitrogens with one attached hydrogen (secondary N) is 1. The molecule has 0 fully saturated rings. The lowest BCUT2D eigenvalue weighted by atomic mass is 10.0. The maximum atomic E-state index is 12.5. The number of amides is 2. The number of hydrogen-bond donors (Lipinski definition) is 2. The third kappa shape index (κ3) is 5.35. The van der Waals surface area contributed by atoms with Gasteiger partial charge in [-0.05, 0) is 42.0 Å². The van der Waals surface area contributed by atoms with Crippen LogP contribution in [0.15, 0.2) is 59.9 Å². The summed E-state index contributed by atoms with van der Waals surface area (Å²) in [6.45, 7) is 2.98. The van der Waals surface area contributed by atoms with E-state index in [4.69, 9.17) is 23.2 Å². The van der Waals surface area contributed by atoms with Gasteiger partial charge in [0.05, 0.1) is 22.2 Å². The monoisotopic (exact) mass is 446 g/mol. The zero-order valence-electron chi connectivity index (χ0n) is 16.7. The number of nitrogens with zero attached hydrogens (tertiary/aromatic N) is 1. The van der Waals surface area contributed by atoms with Crippen molar-refractivity contribution in [3.05, 3.63) is 81.0 Å². The highest BCUT2D eigenvalue weighted by molar-refractivity contribution is 6.42. The first-order valence-electron chi connectivity index (χ1n) is 9.85. The molecule has 1 aliphatic rings. The van der Waals surface area contributed by atoms with Crippen molar-refractivity contribution in [1.82, 2.24) is 10.2 Å². The summed E-state index contributed by atoms with van der Waals surface area (Å²) < 4.78 is 0. The Morgan fingerprint density at radius 3 is 2.60 bits per heavy atom. The number of carbonyl (C=O) groups excluding carboxylic acids is 2. The molecule has 2 amide bonds. The summed E-state index contributed by atoms with van der Waals surface area (Å²) in [6.07, 6.45) is 1.42. The van der Waals surface area contributed by atoms with Crippen molar-refractivity contribution in [3.63, 3.8) is 0 Å². The van der Waals surface area contributed by atoms with E-state index in [9.17, 15) is 14.7 Å². The molecule has 2 aromatic rings. The van der Waals surface area contributed by atoms with Crippen LogP contribution in [-0.4, -0.2) is 41.5 Å². The van der Waals surface area contributed by atoms with Crippen molar-refractivity contribution in [1.29, 1.82) is 0 Å². The molecule has 1 aliphatic heterocycles. The summed E-state index contributed by atoms with van der Waals surface area (Å²) in [7, 11) is 0. The van der Waals surface area contributed by atoms with E-state index in [1.165, 1.54) is 4.90 Å². The minimum Gasteiger partial charge on any atom is -0.503 e. The molecule has 0 saturated heterocycles. The average Bonchev–Trinajstić information content (AvgIpc) is 3.02. The largest absolute Gasteiger partial charge is 0.503 e. The number of halogens is 2. The fraction of sp³-hybridized carbons (Fsp3) is 0.304. The standard InChI is InChI=1S/C23H24Cl2N2O3/c1-15(17-7-3-2-4-8-17)13-27-14-18(21(28)23(27)30)22(29)26-11-5-6-16-9-10-19(24)20(25)12-16/h2-4,7-10,12,15,28H,5-6,11,13-14H2,1H3,(H,26,29). The fourth-order valence-corrected chi connectivity index (χ4v) is 3.78. The molecule has 0 aliphatic carbocycles. The predicted octanol–water partition coefficient (Wildman–Crippen LogP) is 4.50. The third-order valence-corrected chi connectivity index (χ3v) is 5.91. The van der Waals surface area contributed by atoms with Crippen molar-refractivity contribution in [3.8, 4) is 0 Å². The minimum atomic E-state index is -0.501. The van der Waals surface area contributed by atoms with Crippen molar-refractivity contribution in [2.45, 2.75) is 25.7 Å². The quantitative estimate of drug-likeness (QED) is 0.586. The van der Waals surface area contributed by atoms with E-state index in [0.717, 1.165) is 17.5 Å². The van der Waals surface area contributed by atoms with E-state index in [2.05, 4.69) is 5.32 Å². The molecular formula is C23H24Cl2N2O3. The van der Waals surface area contributed by atoms with Crippen LogP contribution in [0.2, 0.25) is 10.0 Å². The van der Waals surface area contributed by atoms with Crippen LogP contribution in [0.1, 0.15) is 30.4 Å². The molecule has 1 atom stereocenters. The second-order valence-electron chi connectivity index (χ2n) is 7.43. The zero-order valence-corrected chi connectivity index (χ0v) is 18.2. The van der Waals surface area contributed by atoms with E-state index in [1.807, 2.05) is 49.4 Å². The summed E-state index contributed by atoms with van der Waals surface area (Å²) in [5.41, 5.74) is 2.25. The maximum Gasteiger partial charge on any atom is 0.289 e. The normalized spacial score (nSPS) is 14.9. The molecule has 158 valence electrons. The van der Waals surface area contributed by atoms with Crippen LogP contribution in [0.5, 0.6) is 0 Å². The molecule has 2 N–H and O–H groups in total. The molecule has 7 heteroatoms. The first kappa shape index (κ1) is 22.2. The van der Waals surface area contributed by atoms with Crippen molar-refractivity contribution < 1.29 is 14.7 Å². The highest BCUT2D eigenvalue weighted by atomic mass is 35.5. The van der Waals surface area contributed by atoms with Crippen LogP contribution in [0.25, 0.3) is 0 Å². The maximum absolute atomic E-state index is 12.5. The highest BCUT2D eigenvalue weighted by Gasteiger charge is 2.34. The SMILES string of the molecule is CC(CN1CC(C(=O)NCCCc2ccc(Cl)c(Cl)c2)=C(O)C1=O)c1ccccc1. The Morgan fingerprint density at radius 1 is 1.17 bits per heavy atom. The van der Waals surface area contributed by atoms with Gasteiger partial charge in [0, 0.05) is 13.1 Å². The van der Waals surface area contributed by atoms with Crippen LogP contribution in [0.4, 0.5) is 0 Å². The minimum absolute atomic E-state index is 0.0940. The van der Waals surface area contributed by atoms with Gasteiger partial charge >= 0.3 is 0 Å². The van der Waals surface area contributed by atoms with E-state index in [0.29, 0.717) is 29.6 Å². The number of rotatable bonds is 8. The van der Waals surface area contributed by atoms with Crippen LogP contribution >= 0.6 is 23.2 Å². The van der Waals surface area contributed by atoms with Crippen molar-refractivity contribution >= 4 is 35.0 Å². The second-order valence-corrected chi connectivity index (χ2v) is 8.25. The van der Waals surface area contributed by atoms with E-state index < -0.39 is 17.6 Å². The summed E-state index contributed by atoms with van der Waals surface area (Å²) in [5.74, 6) is -1.28. The van der Waals surface area contributed by atoms with Gasteiger partial charge in [-0.2, -0.15) is 0 Å². The van der Waals surface area contributed by atoms with Gasteiger partial charge in [0.15, 0.2) is 5.76 Å². The van der Waals surface area contributed by atoms with Gasteiger partial charge < -0.3 is 15.3 Å². The molecule has 3 rings (SSSR count). The Kier molecular flexibility index (Phi) is 7.40. The lowest BCUT2D eigenvalue weighted by Crippen LogP contribution is -2.33. The van der Waals surface area contributed by atoms with Gasteiger partial charge in [0.25, 0.3) is 11.8 Å². The average molecular weight is 447 g/mol. The molecule has 1 unspecified atom stereocenters. The van der Waals surface area contributed by atoms with Gasteiger partial charge in [0.2, 0.25) is 0 Å². The molecule has 0 radical (unpaired) electrons. The Bertz CT molecular complexity index is 960. The molecule has 0 spiro atoms. The molecule has 2 aromatic carbocycles. The number of carbonyl (C=O) groups is 2. The Balaban J connectivity index is 1.49. The molecule has 0 aromatic heterocycles. The molecule has 1 heterocycles. The van der Waals surface area contributed by atoms with Gasteiger partial charge in [-0.1, -0.05) is 66.5 Å². The molecule has 5 nitrogen and oxygen atoms in total. The molecule has 0 bridgehead atoms. The van der Waals surface area contributed by atoms with Crippen molar-refractivity contribution in [2.24, 2.45) is 0 Å². The van der Waals surface area contributed by atoms with Crippen LogP contribution in [0, 0.1) is 0 Å². The fourth-order valence-electron chi connectivity index (χ4n) is 3.46. The number of hydrogen-bond acceptors (Lipinski definition) is 3. The van der Waals surface area contributed by atoms with E-state index in [-0.39, 0.29) is 18.0 Å². The Morgan fingerprint density at radius 2 is 1.90 bits per heavy atom. The second kappa shape index (κ2) is 10.0. The van der Waals surface area contributed by atoms with Gasteiger partial charge in [0.1, 0.15) is 0 Å². The lowest BCUT2D eigenvalue weighted by molar-refractivity contribution is -0.128. The summed E-state index contributed by atoms with van der Waals surface area (Å²) in [4.78, 5) is 26.4. The topological polar surface area (TPSA) is 69.6 Å². The first-order valence-corrected chi connectivity index (χ1v) is 10.6. The number of aliphatic hydroxyl groups is 1. The van der Waals surface area contributed by atoms with E-state index in [1.54, 1.807) is 6.07 Å². The third-order valence-electron chi connectivity index (χ3n) is 5.17. The summed E-state index contributed by atoms with van der Waals surface area (Å²) in [6, 6.07) is 15.3. The van der Waals surface area contributed by atoms with Crippen LogP contribution < -0.4 is 5.32 Å². The lowest BCUT2D eigenvalue weighted by Gasteiger charge is -2.21. The molecule has 0 saturated carbocycles. The summed E-state index contributed by atoms with van der Waals surface area (Å²) >= 11 is 11.9. The smallest absolute Gasteiger partial charge is 0.289 e.